The average Bonchev–Trinajstić information content (AvgIpc) is 3.32. The van der Waals surface area contributed by atoms with E-state index in [1.807, 2.05) is 47.1 Å². The van der Waals surface area contributed by atoms with Crippen LogP contribution in [0.15, 0.2) is 64.5 Å². The van der Waals surface area contributed by atoms with Crippen molar-refractivity contribution in [1.29, 1.82) is 0 Å². The van der Waals surface area contributed by atoms with Crippen molar-refractivity contribution >= 4 is 31.5 Å². The quantitative estimate of drug-likeness (QED) is 0.323. The van der Waals surface area contributed by atoms with Crippen molar-refractivity contribution in [1.82, 2.24) is 14.7 Å². The summed E-state index contributed by atoms with van der Waals surface area (Å²) in [5.41, 5.74) is 0.758. The van der Waals surface area contributed by atoms with Gasteiger partial charge in [-0.05, 0) is 55.9 Å². The van der Waals surface area contributed by atoms with Crippen LogP contribution in [-0.4, -0.2) is 55.4 Å². The molecule has 0 aliphatic carbocycles. The molecule has 0 saturated carbocycles. The Balaban J connectivity index is 1.48. The summed E-state index contributed by atoms with van der Waals surface area (Å²) in [5.74, 6) is 1.07. The van der Waals surface area contributed by atoms with Crippen molar-refractivity contribution in [3.8, 4) is 11.5 Å². The lowest BCUT2D eigenvalue weighted by Crippen LogP contribution is -2.43. The lowest BCUT2D eigenvalue weighted by molar-refractivity contribution is 0.0547. The zero-order valence-corrected chi connectivity index (χ0v) is 22.0. The first kappa shape index (κ1) is 24.2. The number of ether oxygens (including phenoxy) is 2. The first-order valence-electron chi connectivity index (χ1n) is 13.3. The van der Waals surface area contributed by atoms with Gasteiger partial charge in [0, 0.05) is 18.5 Å². The maximum absolute atomic E-state index is 14.3. The molecule has 0 unspecified atom stereocenters. The van der Waals surface area contributed by atoms with E-state index in [9.17, 15) is 8.42 Å². The zero-order valence-electron chi connectivity index (χ0n) is 21.2. The molecule has 8 heteroatoms. The maximum Gasteiger partial charge on any atom is 0.227 e. The molecule has 7 nitrogen and oxygen atoms in total. The number of aromatic nitrogens is 2. The van der Waals surface area contributed by atoms with E-state index >= 15 is 0 Å². The molecule has 0 N–H and O–H groups in total. The Morgan fingerprint density at radius 1 is 1.00 bits per heavy atom. The van der Waals surface area contributed by atoms with Crippen LogP contribution in [0.3, 0.4) is 0 Å². The Kier molecular flexibility index (Phi) is 6.55. The maximum atomic E-state index is 14.3. The summed E-state index contributed by atoms with van der Waals surface area (Å²) in [6, 6.07) is 16.7. The van der Waals surface area contributed by atoms with Gasteiger partial charge in [-0.2, -0.15) is 5.10 Å². The minimum atomic E-state index is -3.95. The molecular formula is C29H33N3O4S. The van der Waals surface area contributed by atoms with Crippen molar-refractivity contribution < 1.29 is 17.9 Å². The number of benzene rings is 3. The lowest BCUT2D eigenvalue weighted by atomic mass is 10.1. The normalized spacial score (nSPS) is 18.5. The minimum absolute atomic E-state index is 0.0361. The highest BCUT2D eigenvalue weighted by Crippen LogP contribution is 2.43. The molecule has 0 radical (unpaired) electrons. The van der Waals surface area contributed by atoms with Gasteiger partial charge in [-0.25, -0.2) is 8.42 Å². The average molecular weight is 520 g/mol. The van der Waals surface area contributed by atoms with Crippen LogP contribution in [0, 0.1) is 0 Å². The van der Waals surface area contributed by atoms with E-state index < -0.39 is 9.84 Å². The molecule has 1 saturated heterocycles. The number of rotatable bonds is 7. The predicted octanol–water partition coefficient (Wildman–Crippen LogP) is 5.45. The molecule has 2 aliphatic rings. The minimum Gasteiger partial charge on any atom is -0.486 e. The molecule has 0 bridgehead atoms. The van der Waals surface area contributed by atoms with Crippen LogP contribution < -0.4 is 9.47 Å². The van der Waals surface area contributed by atoms with Crippen LogP contribution in [0.25, 0.3) is 21.7 Å². The molecule has 3 aromatic carbocycles. The zero-order chi connectivity index (χ0) is 25.4. The van der Waals surface area contributed by atoms with Gasteiger partial charge in [0.25, 0.3) is 0 Å². The summed E-state index contributed by atoms with van der Waals surface area (Å²) in [4.78, 5) is 2.67. The Morgan fingerprint density at radius 3 is 2.65 bits per heavy atom. The summed E-state index contributed by atoms with van der Waals surface area (Å²) in [6.45, 7) is 6.09. The molecule has 37 heavy (non-hydrogen) atoms. The van der Waals surface area contributed by atoms with Gasteiger partial charge in [-0.1, -0.05) is 56.2 Å². The second-order valence-corrected chi connectivity index (χ2v) is 11.9. The molecule has 0 spiro atoms. The van der Waals surface area contributed by atoms with E-state index in [4.69, 9.17) is 14.6 Å². The highest BCUT2D eigenvalue weighted by atomic mass is 32.2. The smallest absolute Gasteiger partial charge is 0.227 e. The molecule has 1 fully saturated rings. The molecular weight excluding hydrogens is 486 g/mol. The second-order valence-electron chi connectivity index (χ2n) is 10.1. The molecule has 6 rings (SSSR count). The Morgan fingerprint density at radius 2 is 1.81 bits per heavy atom. The van der Waals surface area contributed by atoms with E-state index in [0.29, 0.717) is 35.4 Å². The van der Waals surface area contributed by atoms with Gasteiger partial charge >= 0.3 is 0 Å². The fraction of sp³-hybridized carbons (Fsp3) is 0.414. The van der Waals surface area contributed by atoms with Crippen LogP contribution in [0.2, 0.25) is 0 Å². The van der Waals surface area contributed by atoms with Crippen LogP contribution in [0.1, 0.15) is 39.0 Å². The summed E-state index contributed by atoms with van der Waals surface area (Å²) >= 11 is 0. The summed E-state index contributed by atoms with van der Waals surface area (Å²) < 4.78 is 43.0. The fourth-order valence-electron chi connectivity index (χ4n) is 5.52. The van der Waals surface area contributed by atoms with Gasteiger partial charge in [0.1, 0.15) is 12.7 Å². The van der Waals surface area contributed by atoms with Crippen LogP contribution in [0.5, 0.6) is 11.5 Å². The molecule has 4 aromatic rings. The summed E-state index contributed by atoms with van der Waals surface area (Å²) in [6.07, 6.45) is 5.39. The molecule has 1 atom stereocenters. The van der Waals surface area contributed by atoms with E-state index in [1.165, 1.54) is 19.3 Å². The third-order valence-corrected chi connectivity index (χ3v) is 9.17. The Bertz CT molecular complexity index is 1530. The van der Waals surface area contributed by atoms with E-state index in [-0.39, 0.29) is 16.0 Å². The molecule has 194 valence electrons. The van der Waals surface area contributed by atoms with Crippen molar-refractivity contribution in [2.24, 2.45) is 0 Å². The predicted molar refractivity (Wildman–Crippen MR) is 144 cm³/mol. The fourth-order valence-corrected chi connectivity index (χ4v) is 7.14. The Hall–Kier alpha value is -3.10. The number of sulfone groups is 1. The third-order valence-electron chi connectivity index (χ3n) is 7.44. The first-order chi connectivity index (χ1) is 18.1. The van der Waals surface area contributed by atoms with Crippen LogP contribution in [0.4, 0.5) is 0 Å². The van der Waals surface area contributed by atoms with E-state index in [2.05, 4.69) is 11.8 Å². The van der Waals surface area contributed by atoms with Gasteiger partial charge in [0.2, 0.25) is 9.84 Å². The van der Waals surface area contributed by atoms with E-state index in [1.54, 1.807) is 12.1 Å². The van der Waals surface area contributed by atoms with Crippen molar-refractivity contribution in [2.75, 3.05) is 26.2 Å². The van der Waals surface area contributed by atoms with Crippen molar-refractivity contribution in [3.63, 3.8) is 0 Å². The van der Waals surface area contributed by atoms with Crippen LogP contribution >= 0.6 is 0 Å². The van der Waals surface area contributed by atoms with E-state index in [0.717, 1.165) is 43.4 Å². The topological polar surface area (TPSA) is 73.7 Å². The Labute approximate surface area is 217 Å². The van der Waals surface area contributed by atoms with Gasteiger partial charge in [0.15, 0.2) is 16.5 Å². The van der Waals surface area contributed by atoms with Gasteiger partial charge < -0.3 is 9.47 Å². The lowest BCUT2D eigenvalue weighted by Gasteiger charge is -2.33. The molecule has 0 amide bonds. The standard InChI is InChI=1S/C29H33N3O4S/c1-2-3-18-32-24-14-15-25-28(36-22(20-35-25)19-31-16-7-4-8-17-31)27(24)29(30-32)37(33,34)26-13-9-11-21-10-5-6-12-23(21)26/h5-6,9-15,22H,2-4,7-8,16-20H2,1H3/t22-/m1/s1. The van der Waals surface area contributed by atoms with Crippen molar-refractivity contribution in [2.45, 2.75) is 61.6 Å². The van der Waals surface area contributed by atoms with Gasteiger partial charge in [-0.3, -0.25) is 9.58 Å². The van der Waals surface area contributed by atoms with Crippen molar-refractivity contribution in [3.05, 3.63) is 54.6 Å². The molecule has 2 aliphatic heterocycles. The third kappa shape index (κ3) is 4.46. The largest absolute Gasteiger partial charge is 0.486 e. The summed E-state index contributed by atoms with van der Waals surface area (Å²) in [7, 11) is -3.95. The summed E-state index contributed by atoms with van der Waals surface area (Å²) in [5, 5.41) is 6.83. The number of piperidine rings is 1. The first-order valence-corrected chi connectivity index (χ1v) is 14.8. The number of aryl methyl sites for hydroxylation is 1. The monoisotopic (exact) mass is 519 g/mol. The number of hydrogen-bond acceptors (Lipinski definition) is 6. The number of nitrogens with zero attached hydrogens (tertiary/aromatic N) is 3. The SMILES string of the molecule is CCCCn1nc(S(=O)(=O)c2cccc3ccccc23)c2c3c(ccc21)OC[C@@H](CN1CCCCC1)O3. The number of fused-ring (bicyclic) bond motifs is 4. The van der Waals surface area contributed by atoms with Gasteiger partial charge in [0.05, 0.1) is 15.8 Å². The molecule has 1 aromatic heterocycles. The number of hydrogen-bond donors (Lipinski definition) is 0. The van der Waals surface area contributed by atoms with Gasteiger partial charge in [-0.15, -0.1) is 0 Å². The number of likely N-dealkylation sites (tertiary alicyclic amines) is 1. The number of unbranched alkanes of at least 4 members (excludes halogenated alkanes) is 1. The highest BCUT2D eigenvalue weighted by Gasteiger charge is 2.33. The molecule has 3 heterocycles. The van der Waals surface area contributed by atoms with Crippen LogP contribution in [-0.2, 0) is 16.4 Å². The second kappa shape index (κ2) is 9.99. The highest BCUT2D eigenvalue weighted by molar-refractivity contribution is 7.91.